The summed E-state index contributed by atoms with van der Waals surface area (Å²) in [6.45, 7) is 8.04. The first-order valence-corrected chi connectivity index (χ1v) is 17.3. The molecule has 0 unspecified atom stereocenters. The Morgan fingerprint density at radius 1 is 0.923 bits per heavy atom. The van der Waals surface area contributed by atoms with E-state index >= 15 is 4.79 Å². The van der Waals surface area contributed by atoms with Crippen molar-refractivity contribution in [1.29, 1.82) is 0 Å². The van der Waals surface area contributed by atoms with E-state index in [1.165, 1.54) is 26.0 Å². The Hall–Kier alpha value is -4.59. The molecule has 4 aliphatic rings. The fourth-order valence-electron chi connectivity index (χ4n) is 9.10. The maximum Gasteiger partial charge on any atom is 0.508 e. The SMILES string of the molecule is CC(=O)O[C@H]1C(=O)[C@]2(C)[C@@H](OC(=O)OCc3ccccc3)C[C@H]3OC[C@@]3(OC(C)=O)[C@H]2[C@H](C(=O)Oc2ccccc2)[C@]2(O)C[C@H](O)C(C)=C1C2(C)C. The van der Waals surface area contributed by atoms with Crippen LogP contribution in [0.1, 0.15) is 59.9 Å². The molecule has 0 aromatic heterocycles. The molecule has 0 amide bonds. The van der Waals surface area contributed by atoms with Gasteiger partial charge >= 0.3 is 24.1 Å². The highest BCUT2D eigenvalue weighted by Gasteiger charge is 2.79. The lowest BCUT2D eigenvalue weighted by Gasteiger charge is -2.67. The molecule has 3 aliphatic carbocycles. The molecule has 1 aliphatic heterocycles. The highest BCUT2D eigenvalue weighted by molar-refractivity contribution is 5.96. The molecule has 2 N–H and O–H groups in total. The quantitative estimate of drug-likeness (QED) is 0.181. The van der Waals surface area contributed by atoms with Crippen LogP contribution in [0.4, 0.5) is 4.79 Å². The number of hydrogen-bond donors (Lipinski definition) is 2. The van der Waals surface area contributed by atoms with Crippen molar-refractivity contribution in [2.24, 2.45) is 22.7 Å². The molecule has 2 bridgehead atoms. The summed E-state index contributed by atoms with van der Waals surface area (Å²) in [5, 5.41) is 24.8. The molecular weight excluding hydrogens is 676 g/mol. The van der Waals surface area contributed by atoms with Gasteiger partial charge in [-0.15, -0.1) is 0 Å². The summed E-state index contributed by atoms with van der Waals surface area (Å²) >= 11 is 0. The van der Waals surface area contributed by atoms with Crippen LogP contribution in [0.2, 0.25) is 0 Å². The third kappa shape index (κ3) is 5.88. The number of fused-ring (bicyclic) bond motifs is 5. The minimum Gasteiger partial charge on any atom is -0.454 e. The number of para-hydroxylation sites is 1. The van der Waals surface area contributed by atoms with Gasteiger partial charge in [-0.25, -0.2) is 4.79 Å². The van der Waals surface area contributed by atoms with Crippen LogP contribution in [0.5, 0.6) is 5.75 Å². The van der Waals surface area contributed by atoms with Gasteiger partial charge in [-0.1, -0.05) is 62.4 Å². The number of hydrogen-bond acceptors (Lipinski definition) is 13. The van der Waals surface area contributed by atoms with E-state index in [0.717, 1.165) is 6.92 Å². The fraction of sp³-hybridized carbons (Fsp3) is 0.513. The van der Waals surface area contributed by atoms with Crippen molar-refractivity contribution in [2.45, 2.75) is 96.6 Å². The van der Waals surface area contributed by atoms with Crippen molar-refractivity contribution in [2.75, 3.05) is 6.61 Å². The van der Waals surface area contributed by atoms with Gasteiger partial charge in [0.25, 0.3) is 0 Å². The third-order valence-corrected chi connectivity index (χ3v) is 11.7. The molecule has 2 aromatic carbocycles. The first kappa shape index (κ1) is 37.2. The predicted octanol–water partition coefficient (Wildman–Crippen LogP) is 4.01. The Kier molecular flexibility index (Phi) is 9.60. The lowest BCUT2D eigenvalue weighted by molar-refractivity contribution is -0.337. The third-order valence-electron chi connectivity index (χ3n) is 11.7. The molecule has 6 rings (SSSR count). The molecule has 0 spiro atoms. The van der Waals surface area contributed by atoms with Crippen molar-refractivity contribution >= 4 is 29.8 Å². The molecule has 3 fully saturated rings. The van der Waals surface area contributed by atoms with Gasteiger partial charge in [-0.05, 0) is 42.7 Å². The zero-order valence-electron chi connectivity index (χ0n) is 30.0. The molecule has 2 aromatic rings. The number of Topliss-reactive ketones (excluding diaryl/α,β-unsaturated/α-hetero) is 1. The average molecular weight is 721 g/mol. The second-order valence-electron chi connectivity index (χ2n) is 14.9. The maximum absolute atomic E-state index is 15.5. The Labute approximate surface area is 301 Å². The van der Waals surface area contributed by atoms with E-state index in [9.17, 15) is 29.4 Å². The average Bonchev–Trinajstić information content (AvgIpc) is 3.07. The summed E-state index contributed by atoms with van der Waals surface area (Å²) < 4.78 is 35.2. The molecule has 13 nitrogen and oxygen atoms in total. The van der Waals surface area contributed by atoms with Crippen molar-refractivity contribution < 1.29 is 62.6 Å². The van der Waals surface area contributed by atoms with Crippen LogP contribution in [0.15, 0.2) is 71.8 Å². The number of rotatable bonds is 7. The van der Waals surface area contributed by atoms with E-state index in [0.29, 0.717) is 5.56 Å². The predicted molar refractivity (Wildman–Crippen MR) is 180 cm³/mol. The largest absolute Gasteiger partial charge is 0.508 e. The minimum atomic E-state index is -2.25. The second-order valence-corrected chi connectivity index (χ2v) is 14.9. The molecule has 9 atom stereocenters. The van der Waals surface area contributed by atoms with Crippen LogP contribution in [0.25, 0.3) is 0 Å². The number of aliphatic hydroxyl groups excluding tert-OH is 1. The zero-order chi connectivity index (χ0) is 37.8. The van der Waals surface area contributed by atoms with Gasteiger partial charge in [0.1, 0.15) is 24.6 Å². The number of aliphatic hydroxyl groups is 2. The van der Waals surface area contributed by atoms with Crippen molar-refractivity contribution in [3.63, 3.8) is 0 Å². The highest BCUT2D eigenvalue weighted by Crippen LogP contribution is 2.66. The molecule has 1 saturated heterocycles. The number of ketones is 1. The Morgan fingerprint density at radius 2 is 1.56 bits per heavy atom. The van der Waals surface area contributed by atoms with Gasteiger partial charge in [0, 0.05) is 38.0 Å². The zero-order valence-corrected chi connectivity index (χ0v) is 30.0. The smallest absolute Gasteiger partial charge is 0.454 e. The van der Waals surface area contributed by atoms with Gasteiger partial charge in [-0.2, -0.15) is 0 Å². The van der Waals surface area contributed by atoms with Gasteiger partial charge < -0.3 is 38.6 Å². The van der Waals surface area contributed by atoms with Crippen LogP contribution in [0, 0.1) is 22.7 Å². The van der Waals surface area contributed by atoms with Crippen molar-refractivity contribution in [3.05, 3.63) is 77.4 Å². The van der Waals surface area contributed by atoms with Crippen LogP contribution in [0.3, 0.4) is 0 Å². The number of benzene rings is 2. The molecule has 278 valence electrons. The van der Waals surface area contributed by atoms with Crippen LogP contribution in [-0.4, -0.2) is 82.3 Å². The summed E-state index contributed by atoms with van der Waals surface area (Å²) in [7, 11) is 0. The van der Waals surface area contributed by atoms with Gasteiger partial charge in [0.05, 0.1) is 29.6 Å². The Balaban J connectivity index is 1.59. The molecule has 1 heterocycles. The van der Waals surface area contributed by atoms with E-state index in [2.05, 4.69) is 0 Å². The Bertz CT molecular complexity index is 1790. The van der Waals surface area contributed by atoms with Crippen LogP contribution < -0.4 is 4.74 Å². The van der Waals surface area contributed by atoms with E-state index < -0.39 is 94.6 Å². The van der Waals surface area contributed by atoms with Crippen LogP contribution in [-0.2, 0) is 49.5 Å². The van der Waals surface area contributed by atoms with E-state index in [4.69, 9.17) is 28.4 Å². The summed E-state index contributed by atoms with van der Waals surface area (Å²) in [5.74, 6) is -6.53. The van der Waals surface area contributed by atoms with E-state index in [1.807, 2.05) is 0 Å². The minimum absolute atomic E-state index is 0.0880. The van der Waals surface area contributed by atoms with Crippen molar-refractivity contribution in [3.8, 4) is 5.75 Å². The van der Waals surface area contributed by atoms with Crippen molar-refractivity contribution in [1.82, 2.24) is 0 Å². The molecular formula is C39H44O13. The lowest BCUT2D eigenvalue weighted by Crippen LogP contribution is -2.81. The summed E-state index contributed by atoms with van der Waals surface area (Å²) in [4.78, 5) is 69.5. The molecule has 0 radical (unpaired) electrons. The molecule has 52 heavy (non-hydrogen) atoms. The summed E-state index contributed by atoms with van der Waals surface area (Å²) in [5.41, 5.74) is -6.56. The second kappa shape index (κ2) is 13.4. The fourth-order valence-corrected chi connectivity index (χ4v) is 9.10. The summed E-state index contributed by atoms with van der Waals surface area (Å²) in [6, 6.07) is 16.9. The first-order valence-electron chi connectivity index (χ1n) is 17.3. The lowest BCUT2D eigenvalue weighted by atomic mass is 9.42. The molecule has 13 heteroatoms. The number of esters is 3. The normalized spacial score (nSPS) is 34.6. The monoisotopic (exact) mass is 720 g/mol. The Morgan fingerprint density at radius 3 is 2.13 bits per heavy atom. The van der Waals surface area contributed by atoms with Gasteiger partial charge in [0.15, 0.2) is 17.5 Å². The standard InChI is InChI=1S/C39H44O13/c1-21-26(42)18-39(46)30(34(44)50-25-15-11-8-12-16-25)32-37(6,33(43)31(49-22(2)40)29(21)36(39,4)5)27(17-28-38(32,20-48-28)52-23(3)41)51-35(45)47-19-24-13-9-7-10-14-24/h7-16,26-28,30-32,42,46H,17-20H2,1-6H3/t26-,27-,28+,30+,31+,32-,37+,38-,39+/m0/s1. The number of carbonyl (C=O) groups is 5. The van der Waals surface area contributed by atoms with E-state index in [1.54, 1.807) is 69.3 Å². The van der Waals surface area contributed by atoms with E-state index in [-0.39, 0.29) is 36.5 Å². The number of carbonyl (C=O) groups excluding carboxylic acids is 5. The van der Waals surface area contributed by atoms with Crippen LogP contribution >= 0.6 is 0 Å². The highest BCUT2D eigenvalue weighted by atomic mass is 16.7. The number of ether oxygens (including phenoxy) is 6. The maximum atomic E-state index is 15.5. The van der Waals surface area contributed by atoms with Gasteiger partial charge in [0.2, 0.25) is 0 Å². The van der Waals surface area contributed by atoms with Gasteiger partial charge in [-0.3, -0.25) is 19.2 Å². The first-order chi connectivity index (χ1) is 24.5. The molecule has 2 saturated carbocycles. The topological polar surface area (TPSA) is 181 Å². The summed E-state index contributed by atoms with van der Waals surface area (Å²) in [6.07, 6.45) is -7.30.